The summed E-state index contributed by atoms with van der Waals surface area (Å²) in [6.07, 6.45) is 2.72. The Balaban J connectivity index is 1.32. The van der Waals surface area contributed by atoms with Crippen LogP contribution in [0.15, 0.2) is 84.0 Å². The lowest BCUT2D eigenvalue weighted by Gasteiger charge is -2.11. The predicted octanol–water partition coefficient (Wildman–Crippen LogP) is 5.74. The third kappa shape index (κ3) is 6.95. The third-order valence-corrected chi connectivity index (χ3v) is 6.72. The van der Waals surface area contributed by atoms with Crippen LogP contribution in [0.1, 0.15) is 36.2 Å². The fourth-order valence-corrected chi connectivity index (χ4v) is 4.75. The molecule has 0 aliphatic carbocycles. The number of amides is 1. The minimum atomic E-state index is -0.244. The smallest absolute Gasteiger partial charge is 0.220 e. The Morgan fingerprint density at radius 1 is 0.972 bits per heavy atom. The van der Waals surface area contributed by atoms with Gasteiger partial charge in [-0.15, -0.1) is 10.2 Å². The Hall–Kier alpha value is -3.65. The Labute approximate surface area is 214 Å². The molecule has 0 aliphatic rings. The number of para-hydroxylation sites is 2. The molecule has 0 unspecified atom stereocenters. The van der Waals surface area contributed by atoms with E-state index in [0.717, 1.165) is 46.4 Å². The molecule has 3 aromatic carbocycles. The number of unbranched alkanes of at least 4 members (excludes halogenated alkanes) is 1. The SMILES string of the molecule is COc1ccccc1CNC(=O)CCCCc1nnc(SCc2ccc(F)cc2)n1-c1ccccc1. The standard InChI is InChI=1S/C28H29FN4O2S/c1-35-25-12-6-5-9-22(25)19-30-27(34)14-8-7-13-26-31-32-28(33(26)24-10-3-2-4-11-24)36-20-21-15-17-23(29)18-16-21/h2-6,9-12,15-18H,7-8,13-14,19-20H2,1H3,(H,30,34). The summed E-state index contributed by atoms with van der Waals surface area (Å²) in [4.78, 5) is 12.3. The van der Waals surface area contributed by atoms with E-state index in [-0.39, 0.29) is 11.7 Å². The summed E-state index contributed by atoms with van der Waals surface area (Å²) in [6, 6.07) is 24.2. The minimum Gasteiger partial charge on any atom is -0.496 e. The van der Waals surface area contributed by atoms with Crippen LogP contribution in [-0.2, 0) is 23.5 Å². The van der Waals surface area contributed by atoms with Gasteiger partial charge in [-0.3, -0.25) is 9.36 Å². The molecule has 0 radical (unpaired) electrons. The van der Waals surface area contributed by atoms with Crippen molar-refractivity contribution in [1.82, 2.24) is 20.1 Å². The quantitative estimate of drug-likeness (QED) is 0.197. The van der Waals surface area contributed by atoms with Crippen molar-refractivity contribution in [2.45, 2.75) is 43.1 Å². The average Bonchev–Trinajstić information content (AvgIpc) is 3.33. The van der Waals surface area contributed by atoms with Crippen molar-refractivity contribution >= 4 is 17.7 Å². The topological polar surface area (TPSA) is 69.0 Å². The Bertz CT molecular complexity index is 1260. The number of nitrogens with one attached hydrogen (secondary N) is 1. The second-order valence-corrected chi connectivity index (χ2v) is 9.22. The molecule has 0 saturated heterocycles. The van der Waals surface area contributed by atoms with Gasteiger partial charge in [0.05, 0.1) is 7.11 Å². The van der Waals surface area contributed by atoms with Crippen molar-refractivity contribution in [3.8, 4) is 11.4 Å². The van der Waals surface area contributed by atoms with Gasteiger partial charge in [0.15, 0.2) is 5.16 Å². The van der Waals surface area contributed by atoms with Crippen molar-refractivity contribution in [3.63, 3.8) is 0 Å². The number of aryl methyl sites for hydroxylation is 1. The van der Waals surface area contributed by atoms with Gasteiger partial charge in [-0.1, -0.05) is 60.3 Å². The summed E-state index contributed by atoms with van der Waals surface area (Å²) in [5.74, 6) is 2.06. The van der Waals surface area contributed by atoms with E-state index in [1.54, 1.807) is 31.0 Å². The van der Waals surface area contributed by atoms with E-state index in [2.05, 4.69) is 20.1 Å². The molecule has 6 nitrogen and oxygen atoms in total. The number of rotatable bonds is 12. The number of hydrogen-bond acceptors (Lipinski definition) is 5. The van der Waals surface area contributed by atoms with Gasteiger partial charge in [0.1, 0.15) is 17.4 Å². The maximum Gasteiger partial charge on any atom is 0.220 e. The number of aromatic nitrogens is 3. The average molecular weight is 505 g/mol. The second-order valence-electron chi connectivity index (χ2n) is 8.28. The van der Waals surface area contributed by atoms with Crippen LogP contribution >= 0.6 is 11.8 Å². The molecule has 0 saturated carbocycles. The zero-order chi connectivity index (χ0) is 25.2. The molecule has 0 atom stereocenters. The van der Waals surface area contributed by atoms with Gasteiger partial charge in [-0.2, -0.15) is 0 Å². The Kier molecular flexibility index (Phi) is 9.10. The highest BCUT2D eigenvalue weighted by Crippen LogP contribution is 2.26. The van der Waals surface area contributed by atoms with Gasteiger partial charge in [-0.25, -0.2) is 4.39 Å². The van der Waals surface area contributed by atoms with Crippen LogP contribution in [0, 0.1) is 5.82 Å². The van der Waals surface area contributed by atoms with E-state index in [4.69, 9.17) is 4.74 Å². The highest BCUT2D eigenvalue weighted by molar-refractivity contribution is 7.98. The molecule has 36 heavy (non-hydrogen) atoms. The summed E-state index contributed by atoms with van der Waals surface area (Å²) in [6.45, 7) is 0.444. The van der Waals surface area contributed by atoms with Crippen LogP contribution < -0.4 is 10.1 Å². The lowest BCUT2D eigenvalue weighted by Crippen LogP contribution is -2.22. The third-order valence-electron chi connectivity index (χ3n) is 5.72. The van der Waals surface area contributed by atoms with E-state index in [9.17, 15) is 9.18 Å². The molecule has 0 spiro atoms. The number of halogens is 1. The highest BCUT2D eigenvalue weighted by Gasteiger charge is 2.15. The number of benzene rings is 3. The molecule has 4 rings (SSSR count). The lowest BCUT2D eigenvalue weighted by atomic mass is 10.1. The van der Waals surface area contributed by atoms with Gasteiger partial charge in [-0.05, 0) is 48.7 Å². The number of hydrogen-bond donors (Lipinski definition) is 1. The molecule has 8 heteroatoms. The van der Waals surface area contributed by atoms with Crippen molar-refractivity contribution in [2.24, 2.45) is 0 Å². The van der Waals surface area contributed by atoms with Gasteiger partial charge >= 0.3 is 0 Å². The van der Waals surface area contributed by atoms with Crippen molar-refractivity contribution in [2.75, 3.05) is 7.11 Å². The molecular formula is C28H29FN4O2S. The molecular weight excluding hydrogens is 475 g/mol. The molecule has 1 aromatic heterocycles. The molecule has 186 valence electrons. The number of carbonyl (C=O) groups is 1. The van der Waals surface area contributed by atoms with Crippen LogP contribution in [0.3, 0.4) is 0 Å². The number of ether oxygens (including phenoxy) is 1. The minimum absolute atomic E-state index is 0.0148. The molecule has 0 fully saturated rings. The maximum absolute atomic E-state index is 13.2. The van der Waals surface area contributed by atoms with Crippen molar-refractivity contribution in [3.05, 3.63) is 102 Å². The number of nitrogens with zero attached hydrogens (tertiary/aromatic N) is 3. The predicted molar refractivity (Wildman–Crippen MR) is 140 cm³/mol. The van der Waals surface area contributed by atoms with E-state index >= 15 is 0 Å². The Morgan fingerprint density at radius 3 is 2.50 bits per heavy atom. The fraction of sp³-hybridized carbons (Fsp3) is 0.250. The molecule has 0 bridgehead atoms. The summed E-state index contributed by atoms with van der Waals surface area (Å²) in [5, 5.41) is 12.6. The molecule has 1 heterocycles. The number of thioether (sulfide) groups is 1. The molecule has 0 aliphatic heterocycles. The zero-order valence-corrected chi connectivity index (χ0v) is 21.0. The summed E-state index contributed by atoms with van der Waals surface area (Å²) in [5.41, 5.74) is 2.97. The van der Waals surface area contributed by atoms with Crippen molar-refractivity contribution in [1.29, 1.82) is 0 Å². The monoisotopic (exact) mass is 504 g/mol. The first-order valence-electron chi connectivity index (χ1n) is 11.9. The zero-order valence-electron chi connectivity index (χ0n) is 20.2. The lowest BCUT2D eigenvalue weighted by molar-refractivity contribution is -0.121. The van der Waals surface area contributed by atoms with Gasteiger partial charge < -0.3 is 10.1 Å². The first-order chi connectivity index (χ1) is 17.6. The fourth-order valence-electron chi connectivity index (χ4n) is 3.82. The summed E-state index contributed by atoms with van der Waals surface area (Å²) < 4.78 is 20.6. The Morgan fingerprint density at radius 2 is 1.72 bits per heavy atom. The molecule has 1 amide bonds. The van der Waals surface area contributed by atoms with Gasteiger partial charge in [0.2, 0.25) is 5.91 Å². The number of methoxy groups -OCH3 is 1. The van der Waals surface area contributed by atoms with E-state index in [0.29, 0.717) is 25.1 Å². The van der Waals surface area contributed by atoms with Crippen LogP contribution in [0.2, 0.25) is 0 Å². The van der Waals surface area contributed by atoms with E-state index < -0.39 is 0 Å². The number of carbonyl (C=O) groups excluding carboxylic acids is 1. The van der Waals surface area contributed by atoms with Crippen LogP contribution in [0.5, 0.6) is 5.75 Å². The summed E-state index contributed by atoms with van der Waals surface area (Å²) in [7, 11) is 1.63. The normalized spacial score (nSPS) is 10.8. The van der Waals surface area contributed by atoms with E-state index in [1.165, 1.54) is 12.1 Å². The van der Waals surface area contributed by atoms with Crippen LogP contribution in [0.25, 0.3) is 5.69 Å². The second kappa shape index (κ2) is 12.9. The summed E-state index contributed by atoms with van der Waals surface area (Å²) >= 11 is 1.57. The highest BCUT2D eigenvalue weighted by atomic mass is 32.2. The first-order valence-corrected chi connectivity index (χ1v) is 12.9. The largest absolute Gasteiger partial charge is 0.496 e. The van der Waals surface area contributed by atoms with Crippen LogP contribution in [0.4, 0.5) is 4.39 Å². The molecule has 1 N–H and O–H groups in total. The first kappa shape index (κ1) is 25.4. The van der Waals surface area contributed by atoms with Crippen LogP contribution in [-0.4, -0.2) is 27.8 Å². The van der Waals surface area contributed by atoms with Gasteiger partial charge in [0.25, 0.3) is 0 Å². The molecule has 4 aromatic rings. The maximum atomic E-state index is 13.2. The van der Waals surface area contributed by atoms with Gasteiger partial charge in [0, 0.05) is 36.4 Å². The van der Waals surface area contributed by atoms with E-state index in [1.807, 2.05) is 54.6 Å². The van der Waals surface area contributed by atoms with Crippen molar-refractivity contribution < 1.29 is 13.9 Å².